The van der Waals surface area contributed by atoms with Crippen LogP contribution in [0, 0.1) is 0 Å². The van der Waals surface area contributed by atoms with E-state index < -0.39 is 0 Å². The van der Waals surface area contributed by atoms with Crippen molar-refractivity contribution >= 4 is 71.2 Å². The largest absolute Gasteiger partial charge is 0.453 e. The van der Waals surface area contributed by atoms with E-state index in [0.29, 0.717) is 0 Å². The van der Waals surface area contributed by atoms with Crippen LogP contribution in [0.2, 0.25) is 0 Å². The first-order valence-electron chi connectivity index (χ1n) is 18.6. The van der Waals surface area contributed by atoms with Crippen LogP contribution >= 0.6 is 0 Å². The number of hydrogen-bond acceptors (Lipinski definition) is 3. The van der Waals surface area contributed by atoms with Crippen molar-refractivity contribution in [2.24, 2.45) is 0 Å². The summed E-state index contributed by atoms with van der Waals surface area (Å²) in [5, 5.41) is 10.2. The molecule has 0 bridgehead atoms. The van der Waals surface area contributed by atoms with Crippen LogP contribution in [0.15, 0.2) is 164 Å². The van der Waals surface area contributed by atoms with Gasteiger partial charge in [-0.15, -0.1) is 0 Å². The first-order chi connectivity index (χ1) is 26.5. The van der Waals surface area contributed by atoms with Gasteiger partial charge in [0, 0.05) is 40.0 Å². The molecule has 0 spiro atoms. The van der Waals surface area contributed by atoms with Crippen LogP contribution < -0.4 is 9.64 Å². The average Bonchev–Trinajstić information content (AvgIpc) is 3.66. The Labute approximate surface area is 312 Å². The summed E-state index contributed by atoms with van der Waals surface area (Å²) in [6.45, 7) is 4.78. The summed E-state index contributed by atoms with van der Waals surface area (Å²) >= 11 is 0. The van der Waals surface area contributed by atoms with Crippen molar-refractivity contribution in [3.05, 3.63) is 175 Å². The monoisotopic (exact) mass is 691 g/mol. The van der Waals surface area contributed by atoms with Crippen LogP contribution in [0.3, 0.4) is 0 Å². The number of nitrogens with zero attached hydrogens (tertiary/aromatic N) is 3. The highest BCUT2D eigenvalue weighted by molar-refractivity contribution is 6.26. The summed E-state index contributed by atoms with van der Waals surface area (Å²) in [5.41, 5.74) is 11.7. The number of hydrogen-bond donors (Lipinski definition) is 0. The van der Waals surface area contributed by atoms with Crippen LogP contribution in [0.25, 0.3) is 70.9 Å². The Morgan fingerprint density at radius 3 is 1.70 bits per heavy atom. The van der Waals surface area contributed by atoms with Crippen molar-refractivity contribution in [1.29, 1.82) is 0 Å². The number of pyridine rings is 1. The quantitative estimate of drug-likeness (QED) is 0.169. The van der Waals surface area contributed by atoms with Gasteiger partial charge in [0.2, 0.25) is 0 Å². The Balaban J connectivity index is 1.10. The highest BCUT2D eigenvalue weighted by Gasteiger charge is 2.37. The Kier molecular flexibility index (Phi) is 5.81. The Bertz CT molecular complexity index is 3200. The molecule has 0 saturated carbocycles. The lowest BCUT2D eigenvalue weighted by molar-refractivity contribution is 0.477. The van der Waals surface area contributed by atoms with E-state index in [9.17, 15) is 0 Å². The smallest absolute Gasteiger partial charge is 0.151 e. The van der Waals surface area contributed by atoms with Crippen molar-refractivity contribution < 1.29 is 4.74 Å². The lowest BCUT2D eigenvalue weighted by atomic mass is 9.81. The van der Waals surface area contributed by atoms with Gasteiger partial charge in [-0.2, -0.15) is 0 Å². The molecule has 0 fully saturated rings. The predicted octanol–water partition coefficient (Wildman–Crippen LogP) is 13.5. The molecule has 2 aromatic heterocycles. The fourth-order valence-electron chi connectivity index (χ4n) is 9.52. The predicted molar refractivity (Wildman–Crippen MR) is 223 cm³/mol. The summed E-state index contributed by atoms with van der Waals surface area (Å²) in [6.07, 6.45) is 3.93. The van der Waals surface area contributed by atoms with Crippen molar-refractivity contribution in [1.82, 2.24) is 9.55 Å². The second-order valence-corrected chi connectivity index (χ2v) is 15.2. The van der Waals surface area contributed by atoms with Crippen molar-refractivity contribution in [2.45, 2.75) is 19.3 Å². The van der Waals surface area contributed by atoms with E-state index in [1.54, 1.807) is 0 Å². The molecule has 1 aliphatic carbocycles. The molecule has 0 N–H and O–H groups in total. The van der Waals surface area contributed by atoms with E-state index in [1.165, 1.54) is 65.5 Å². The molecule has 0 saturated heterocycles. The maximum Gasteiger partial charge on any atom is 0.151 e. The van der Waals surface area contributed by atoms with Crippen molar-refractivity contribution in [3.63, 3.8) is 0 Å². The van der Waals surface area contributed by atoms with Crippen molar-refractivity contribution in [2.75, 3.05) is 4.90 Å². The molecule has 4 heteroatoms. The summed E-state index contributed by atoms with van der Waals surface area (Å²) in [5.74, 6) is 1.69. The van der Waals surface area contributed by atoms with Gasteiger partial charge in [-0.05, 0) is 127 Å². The molecule has 54 heavy (non-hydrogen) atoms. The Morgan fingerprint density at radius 1 is 0.463 bits per heavy atom. The zero-order valence-corrected chi connectivity index (χ0v) is 29.8. The molecule has 254 valence electrons. The van der Waals surface area contributed by atoms with Crippen LogP contribution in [-0.4, -0.2) is 9.55 Å². The number of fused-ring (bicyclic) bond motifs is 14. The average molecular weight is 692 g/mol. The van der Waals surface area contributed by atoms with E-state index in [2.05, 4.69) is 156 Å². The number of benzene rings is 8. The molecule has 10 aromatic rings. The van der Waals surface area contributed by atoms with Gasteiger partial charge in [-0.1, -0.05) is 92.7 Å². The molecule has 1 aliphatic heterocycles. The minimum Gasteiger partial charge on any atom is -0.453 e. The fraction of sp³-hybridized carbons (Fsp3) is 0.0600. The third-order valence-corrected chi connectivity index (χ3v) is 12.0. The van der Waals surface area contributed by atoms with E-state index in [1.807, 2.05) is 36.7 Å². The van der Waals surface area contributed by atoms with Gasteiger partial charge in [0.1, 0.15) is 0 Å². The number of rotatable bonds is 2. The highest BCUT2D eigenvalue weighted by atomic mass is 16.5. The first kappa shape index (κ1) is 29.6. The maximum atomic E-state index is 6.35. The van der Waals surface area contributed by atoms with Crippen LogP contribution in [0.4, 0.5) is 17.1 Å². The van der Waals surface area contributed by atoms with E-state index in [-0.39, 0.29) is 5.41 Å². The third kappa shape index (κ3) is 3.89. The molecule has 12 rings (SSSR count). The molecular formula is C50H33N3O. The maximum absolute atomic E-state index is 6.35. The molecule has 0 atom stereocenters. The normalized spacial score (nSPS) is 14.0. The Morgan fingerprint density at radius 2 is 1.02 bits per heavy atom. The van der Waals surface area contributed by atoms with E-state index in [0.717, 1.165) is 45.2 Å². The topological polar surface area (TPSA) is 30.3 Å². The zero-order chi connectivity index (χ0) is 35.7. The van der Waals surface area contributed by atoms with E-state index in [4.69, 9.17) is 4.74 Å². The summed E-state index contributed by atoms with van der Waals surface area (Å²) < 4.78 is 8.77. The number of para-hydroxylation sites is 4. The third-order valence-electron chi connectivity index (χ3n) is 12.0. The summed E-state index contributed by atoms with van der Waals surface area (Å²) in [4.78, 5) is 6.95. The van der Waals surface area contributed by atoms with Gasteiger partial charge in [-0.25, -0.2) is 0 Å². The zero-order valence-electron chi connectivity index (χ0n) is 29.8. The molecule has 0 radical (unpaired) electrons. The van der Waals surface area contributed by atoms with E-state index >= 15 is 0 Å². The molecule has 8 aromatic carbocycles. The lowest BCUT2D eigenvalue weighted by Crippen LogP contribution is -2.16. The standard InChI is InChI=1S/C50H33N3O/c1-50(2)42-27-37-35-17-6-4-15-33(35)32-14-3-5-16-34(32)36(37)25-38(42)39-26-40-41-29-51-23-22-44(41)52(47(40)28-43(39)50)30-12-11-13-31(24-30)53-45-18-7-9-20-48(45)54-49-21-10-8-19-46(49)53/h3-29H,1-2H3. The van der Waals surface area contributed by atoms with Gasteiger partial charge >= 0.3 is 0 Å². The fourth-order valence-corrected chi connectivity index (χ4v) is 9.52. The number of aromatic nitrogens is 2. The molecule has 0 amide bonds. The van der Waals surface area contributed by atoms with Gasteiger partial charge in [-0.3, -0.25) is 4.98 Å². The van der Waals surface area contributed by atoms with Gasteiger partial charge in [0.15, 0.2) is 11.5 Å². The molecule has 3 heterocycles. The Hall–Kier alpha value is -6.91. The molecule has 4 nitrogen and oxygen atoms in total. The number of anilines is 3. The summed E-state index contributed by atoms with van der Waals surface area (Å²) in [7, 11) is 0. The SMILES string of the molecule is CC1(C)c2cc3c4ccccc4c4ccccc4c3cc2-c2cc3c4cnccc4n(-c4cccc(N5c6ccccc6Oc6ccccc65)c4)c3cc21. The molecule has 0 unspecified atom stereocenters. The number of ether oxygens (including phenoxy) is 1. The minimum atomic E-state index is -0.206. The van der Waals surface area contributed by atoms with Gasteiger partial charge < -0.3 is 14.2 Å². The minimum absolute atomic E-state index is 0.206. The van der Waals surface area contributed by atoms with Crippen LogP contribution in [-0.2, 0) is 5.41 Å². The lowest BCUT2D eigenvalue weighted by Gasteiger charge is -2.33. The van der Waals surface area contributed by atoms with Crippen molar-refractivity contribution in [3.8, 4) is 28.3 Å². The molecular weight excluding hydrogens is 659 g/mol. The summed E-state index contributed by atoms with van der Waals surface area (Å²) in [6, 6.07) is 55.1. The van der Waals surface area contributed by atoms with Gasteiger partial charge in [0.25, 0.3) is 0 Å². The van der Waals surface area contributed by atoms with Gasteiger partial charge in [0.05, 0.1) is 22.4 Å². The second kappa shape index (κ2) is 10.6. The highest BCUT2D eigenvalue weighted by Crippen LogP contribution is 2.54. The van der Waals surface area contributed by atoms with Crippen LogP contribution in [0.1, 0.15) is 25.0 Å². The second-order valence-electron chi connectivity index (χ2n) is 15.2. The van der Waals surface area contributed by atoms with Crippen LogP contribution in [0.5, 0.6) is 11.5 Å². The molecule has 2 aliphatic rings. The first-order valence-corrected chi connectivity index (χ1v) is 18.6.